The Labute approximate surface area is 117 Å². The van der Waals surface area contributed by atoms with Gasteiger partial charge in [-0.2, -0.15) is 0 Å². The molecule has 1 heterocycles. The Bertz CT molecular complexity index is 522. The first-order valence-corrected chi connectivity index (χ1v) is 6.65. The Kier molecular flexibility index (Phi) is 4.40. The minimum Gasteiger partial charge on any atom is -0.480 e. The lowest BCUT2D eigenvalue weighted by molar-refractivity contribution is -0.150. The van der Waals surface area contributed by atoms with Crippen molar-refractivity contribution in [2.45, 2.75) is 25.3 Å². The van der Waals surface area contributed by atoms with Crippen LogP contribution in [0.1, 0.15) is 24.8 Å². The summed E-state index contributed by atoms with van der Waals surface area (Å²) in [6.45, 7) is 0.502. The van der Waals surface area contributed by atoms with Gasteiger partial charge in [-0.15, -0.1) is 0 Å². The number of carboxylic acids is 1. The number of piperidine rings is 1. The molecule has 1 amide bonds. The fourth-order valence-corrected chi connectivity index (χ4v) is 2.32. The molecule has 2 rings (SSSR count). The van der Waals surface area contributed by atoms with E-state index >= 15 is 0 Å². The lowest BCUT2D eigenvalue weighted by Gasteiger charge is -2.32. The SMILES string of the molecule is Nc1ccc(/C=C/C(=O)N2CCCCC2C(=O)O)cc1. The number of carboxylic acid groups (broad SMARTS) is 1. The molecule has 0 spiro atoms. The molecular formula is C15H18N2O3. The van der Waals surface area contributed by atoms with Gasteiger partial charge in [0.25, 0.3) is 0 Å². The molecule has 0 saturated carbocycles. The van der Waals surface area contributed by atoms with Crippen LogP contribution in [0.3, 0.4) is 0 Å². The highest BCUT2D eigenvalue weighted by Crippen LogP contribution is 2.18. The van der Waals surface area contributed by atoms with E-state index in [4.69, 9.17) is 10.8 Å². The number of nitrogen functional groups attached to an aromatic ring is 1. The Hall–Kier alpha value is -2.30. The Balaban J connectivity index is 2.06. The quantitative estimate of drug-likeness (QED) is 0.649. The molecule has 1 unspecified atom stereocenters. The molecule has 1 fully saturated rings. The van der Waals surface area contributed by atoms with E-state index < -0.39 is 12.0 Å². The van der Waals surface area contributed by atoms with Gasteiger partial charge < -0.3 is 15.7 Å². The number of amides is 1. The van der Waals surface area contributed by atoms with Crippen molar-refractivity contribution in [1.29, 1.82) is 0 Å². The molecule has 0 aromatic heterocycles. The van der Waals surface area contributed by atoms with E-state index in [2.05, 4.69) is 0 Å². The van der Waals surface area contributed by atoms with Gasteiger partial charge in [0.05, 0.1) is 0 Å². The normalized spacial score (nSPS) is 19.2. The van der Waals surface area contributed by atoms with Crippen molar-refractivity contribution in [3.63, 3.8) is 0 Å². The maximum atomic E-state index is 12.1. The van der Waals surface area contributed by atoms with Crippen LogP contribution < -0.4 is 5.73 Å². The Morgan fingerprint density at radius 2 is 1.95 bits per heavy atom. The van der Waals surface area contributed by atoms with E-state index in [0.29, 0.717) is 18.7 Å². The van der Waals surface area contributed by atoms with E-state index in [-0.39, 0.29) is 5.91 Å². The zero-order chi connectivity index (χ0) is 14.5. The highest BCUT2D eigenvalue weighted by atomic mass is 16.4. The van der Waals surface area contributed by atoms with Crippen molar-refractivity contribution in [2.24, 2.45) is 0 Å². The van der Waals surface area contributed by atoms with Gasteiger partial charge in [-0.1, -0.05) is 12.1 Å². The number of aliphatic carboxylic acids is 1. The van der Waals surface area contributed by atoms with Crippen LogP contribution >= 0.6 is 0 Å². The number of hydrogen-bond acceptors (Lipinski definition) is 3. The number of carbonyl (C=O) groups is 2. The van der Waals surface area contributed by atoms with Gasteiger partial charge in [0, 0.05) is 18.3 Å². The molecule has 20 heavy (non-hydrogen) atoms. The van der Waals surface area contributed by atoms with Gasteiger partial charge in [0.15, 0.2) is 0 Å². The smallest absolute Gasteiger partial charge is 0.326 e. The molecule has 106 valence electrons. The van der Waals surface area contributed by atoms with E-state index in [9.17, 15) is 9.59 Å². The first-order chi connectivity index (χ1) is 9.58. The molecule has 1 aromatic carbocycles. The predicted molar refractivity (Wildman–Crippen MR) is 76.9 cm³/mol. The van der Waals surface area contributed by atoms with Gasteiger partial charge in [-0.3, -0.25) is 4.79 Å². The van der Waals surface area contributed by atoms with E-state index in [1.54, 1.807) is 18.2 Å². The number of benzene rings is 1. The number of carbonyl (C=O) groups excluding carboxylic acids is 1. The fraction of sp³-hybridized carbons (Fsp3) is 0.333. The molecule has 0 bridgehead atoms. The lowest BCUT2D eigenvalue weighted by atomic mass is 10.0. The first kappa shape index (κ1) is 14.1. The summed E-state index contributed by atoms with van der Waals surface area (Å²) in [6.07, 6.45) is 5.33. The van der Waals surface area contributed by atoms with Crippen molar-refractivity contribution in [2.75, 3.05) is 12.3 Å². The van der Waals surface area contributed by atoms with Crippen molar-refractivity contribution in [3.8, 4) is 0 Å². The topological polar surface area (TPSA) is 83.6 Å². The molecule has 5 heteroatoms. The third kappa shape index (κ3) is 3.38. The zero-order valence-electron chi connectivity index (χ0n) is 11.2. The summed E-state index contributed by atoms with van der Waals surface area (Å²) >= 11 is 0. The molecule has 5 nitrogen and oxygen atoms in total. The molecular weight excluding hydrogens is 256 g/mol. The molecule has 1 aliphatic rings. The number of rotatable bonds is 3. The second-order valence-electron chi connectivity index (χ2n) is 4.88. The second kappa shape index (κ2) is 6.23. The van der Waals surface area contributed by atoms with E-state index in [0.717, 1.165) is 18.4 Å². The first-order valence-electron chi connectivity index (χ1n) is 6.65. The molecule has 1 aromatic rings. The van der Waals surface area contributed by atoms with E-state index in [1.807, 2.05) is 12.1 Å². The average Bonchev–Trinajstić information content (AvgIpc) is 2.46. The molecule has 3 N–H and O–H groups in total. The summed E-state index contributed by atoms with van der Waals surface area (Å²) in [5.74, 6) is -1.19. The summed E-state index contributed by atoms with van der Waals surface area (Å²) in [4.78, 5) is 24.7. The van der Waals surface area contributed by atoms with Crippen LogP contribution in [0.25, 0.3) is 6.08 Å². The number of nitrogens with zero attached hydrogens (tertiary/aromatic N) is 1. The number of anilines is 1. The third-order valence-corrected chi connectivity index (χ3v) is 3.43. The van der Waals surface area contributed by atoms with Crippen LogP contribution in [0.15, 0.2) is 30.3 Å². The molecule has 0 aliphatic carbocycles. The minimum atomic E-state index is -0.932. The molecule has 1 aliphatic heterocycles. The van der Waals surface area contributed by atoms with E-state index in [1.165, 1.54) is 11.0 Å². The van der Waals surface area contributed by atoms with Gasteiger partial charge in [0.2, 0.25) is 5.91 Å². The van der Waals surface area contributed by atoms with Crippen LogP contribution in [0.2, 0.25) is 0 Å². The number of hydrogen-bond donors (Lipinski definition) is 2. The van der Waals surface area contributed by atoms with Crippen molar-refractivity contribution in [3.05, 3.63) is 35.9 Å². The highest BCUT2D eigenvalue weighted by Gasteiger charge is 2.30. The van der Waals surface area contributed by atoms with Gasteiger partial charge in [0.1, 0.15) is 6.04 Å². The Morgan fingerprint density at radius 1 is 1.25 bits per heavy atom. The zero-order valence-corrected chi connectivity index (χ0v) is 11.2. The standard InChI is InChI=1S/C15H18N2O3/c16-12-7-4-11(5-8-12)6-9-14(18)17-10-2-1-3-13(17)15(19)20/h4-9,13H,1-3,10,16H2,(H,19,20)/b9-6+. The summed E-state index contributed by atoms with van der Waals surface area (Å²) in [5, 5.41) is 9.14. The Morgan fingerprint density at radius 3 is 2.60 bits per heavy atom. The van der Waals surface area contributed by atoms with Crippen molar-refractivity contribution < 1.29 is 14.7 Å². The third-order valence-electron chi connectivity index (χ3n) is 3.43. The second-order valence-corrected chi connectivity index (χ2v) is 4.88. The van der Waals surface area contributed by atoms with Crippen LogP contribution in [0.5, 0.6) is 0 Å². The summed E-state index contributed by atoms with van der Waals surface area (Å²) in [5.41, 5.74) is 7.11. The molecule has 0 radical (unpaired) electrons. The number of nitrogens with two attached hydrogens (primary N) is 1. The molecule has 1 atom stereocenters. The predicted octanol–water partition coefficient (Wildman–Crippen LogP) is 1.75. The lowest BCUT2D eigenvalue weighted by Crippen LogP contribution is -2.47. The van der Waals surface area contributed by atoms with Crippen LogP contribution in [0.4, 0.5) is 5.69 Å². The van der Waals surface area contributed by atoms with Crippen LogP contribution in [-0.4, -0.2) is 34.5 Å². The van der Waals surface area contributed by atoms with Gasteiger partial charge >= 0.3 is 5.97 Å². The van der Waals surface area contributed by atoms with Crippen molar-refractivity contribution in [1.82, 2.24) is 4.90 Å². The van der Waals surface area contributed by atoms with Crippen molar-refractivity contribution >= 4 is 23.6 Å². The highest BCUT2D eigenvalue weighted by molar-refractivity contribution is 5.94. The van der Waals surface area contributed by atoms with Crippen LogP contribution in [0, 0.1) is 0 Å². The largest absolute Gasteiger partial charge is 0.480 e. The van der Waals surface area contributed by atoms with Gasteiger partial charge in [-0.25, -0.2) is 4.79 Å². The number of likely N-dealkylation sites (tertiary alicyclic amines) is 1. The van der Waals surface area contributed by atoms with Gasteiger partial charge in [-0.05, 0) is 43.0 Å². The fourth-order valence-electron chi connectivity index (χ4n) is 2.32. The average molecular weight is 274 g/mol. The molecule has 1 saturated heterocycles. The summed E-state index contributed by atoms with van der Waals surface area (Å²) < 4.78 is 0. The monoisotopic (exact) mass is 274 g/mol. The minimum absolute atomic E-state index is 0.256. The maximum absolute atomic E-state index is 12.1. The summed E-state index contributed by atoms with van der Waals surface area (Å²) in [6, 6.07) is 6.43. The van der Waals surface area contributed by atoms with Crippen LogP contribution in [-0.2, 0) is 9.59 Å². The maximum Gasteiger partial charge on any atom is 0.326 e. The summed E-state index contributed by atoms with van der Waals surface area (Å²) in [7, 11) is 0.